The van der Waals surface area contributed by atoms with Crippen molar-refractivity contribution in [1.29, 1.82) is 0 Å². The van der Waals surface area contributed by atoms with E-state index in [0.29, 0.717) is 5.69 Å². The van der Waals surface area contributed by atoms with Crippen molar-refractivity contribution in [2.75, 3.05) is 4.90 Å². The van der Waals surface area contributed by atoms with E-state index in [1.165, 1.54) is 5.56 Å². The van der Waals surface area contributed by atoms with Crippen molar-refractivity contribution in [3.05, 3.63) is 78.1 Å². The maximum atomic E-state index is 12.9. The van der Waals surface area contributed by atoms with Gasteiger partial charge in [-0.1, -0.05) is 36.4 Å². The molecule has 0 aliphatic carbocycles. The molecule has 0 spiro atoms. The molecule has 23 heavy (non-hydrogen) atoms. The third-order valence-corrected chi connectivity index (χ3v) is 4.25. The molecular weight excluding hydrogens is 286 g/mol. The second kappa shape index (κ2) is 5.39. The number of amides is 1. The van der Waals surface area contributed by atoms with Crippen molar-refractivity contribution < 1.29 is 4.79 Å². The summed E-state index contributed by atoms with van der Waals surface area (Å²) in [5.41, 5.74) is 3.63. The first-order chi connectivity index (χ1) is 11.2. The molecule has 1 aliphatic rings. The molecule has 0 saturated carbocycles. The van der Waals surface area contributed by atoms with Gasteiger partial charge in [0, 0.05) is 17.9 Å². The first-order valence-corrected chi connectivity index (χ1v) is 7.76. The fourth-order valence-electron chi connectivity index (χ4n) is 3.16. The number of nitrogens with zero attached hydrogens (tertiary/aromatic N) is 3. The molecule has 3 aromatic rings. The number of hydrogen-bond acceptors (Lipinski definition) is 2. The van der Waals surface area contributed by atoms with E-state index in [-0.39, 0.29) is 11.9 Å². The van der Waals surface area contributed by atoms with Crippen LogP contribution in [0, 0.1) is 0 Å². The summed E-state index contributed by atoms with van der Waals surface area (Å²) >= 11 is 0. The van der Waals surface area contributed by atoms with E-state index < -0.39 is 0 Å². The Morgan fingerprint density at radius 3 is 2.61 bits per heavy atom. The molecule has 0 radical (unpaired) electrons. The number of carbonyl (C=O) groups excluding carboxylic acids is 1. The lowest BCUT2D eigenvalue weighted by molar-refractivity contribution is 0.0976. The van der Waals surface area contributed by atoms with Gasteiger partial charge < -0.3 is 4.90 Å². The highest BCUT2D eigenvalue weighted by Gasteiger charge is 2.32. The first kappa shape index (κ1) is 13.8. The van der Waals surface area contributed by atoms with Gasteiger partial charge in [-0.15, -0.1) is 0 Å². The van der Waals surface area contributed by atoms with Crippen LogP contribution in [0.15, 0.2) is 66.9 Å². The Labute approximate surface area is 135 Å². The number of hydrogen-bond donors (Lipinski definition) is 0. The predicted molar refractivity (Wildman–Crippen MR) is 90.0 cm³/mol. The zero-order valence-corrected chi connectivity index (χ0v) is 12.9. The standard InChI is InChI=1S/C19H17N3O/c1-14-13-15-7-5-6-10-18(15)22(14)19(23)17-11-12-21(20-17)16-8-3-2-4-9-16/h2-12,14H,13H2,1H3/t14-/m1/s1. The highest BCUT2D eigenvalue weighted by atomic mass is 16.2. The summed E-state index contributed by atoms with van der Waals surface area (Å²) in [5.74, 6) is -0.0443. The molecule has 4 nitrogen and oxygen atoms in total. The Kier molecular flexibility index (Phi) is 3.23. The Hall–Kier alpha value is -2.88. The molecule has 0 bridgehead atoms. The van der Waals surface area contributed by atoms with Gasteiger partial charge in [0.25, 0.3) is 5.91 Å². The monoisotopic (exact) mass is 303 g/mol. The molecule has 0 unspecified atom stereocenters. The molecule has 1 atom stereocenters. The van der Waals surface area contributed by atoms with Gasteiger partial charge in [-0.2, -0.15) is 5.10 Å². The largest absolute Gasteiger partial charge is 0.304 e. The van der Waals surface area contributed by atoms with E-state index in [0.717, 1.165) is 17.8 Å². The van der Waals surface area contributed by atoms with Gasteiger partial charge in [-0.05, 0) is 43.2 Å². The number of para-hydroxylation sites is 2. The van der Waals surface area contributed by atoms with E-state index in [2.05, 4.69) is 18.1 Å². The van der Waals surface area contributed by atoms with Crippen LogP contribution in [0.25, 0.3) is 5.69 Å². The lowest BCUT2D eigenvalue weighted by atomic mass is 10.1. The van der Waals surface area contributed by atoms with Gasteiger partial charge in [0.2, 0.25) is 0 Å². The number of benzene rings is 2. The Bertz CT molecular complexity index is 854. The number of anilines is 1. The minimum atomic E-state index is -0.0443. The van der Waals surface area contributed by atoms with E-state index in [4.69, 9.17) is 0 Å². The van der Waals surface area contributed by atoms with Crippen molar-refractivity contribution in [3.8, 4) is 5.69 Å². The minimum absolute atomic E-state index is 0.0443. The van der Waals surface area contributed by atoms with Crippen LogP contribution in [-0.4, -0.2) is 21.7 Å². The molecule has 1 aliphatic heterocycles. The minimum Gasteiger partial charge on any atom is -0.304 e. The number of carbonyl (C=O) groups is 1. The zero-order chi connectivity index (χ0) is 15.8. The van der Waals surface area contributed by atoms with Crippen LogP contribution in [0.3, 0.4) is 0 Å². The third kappa shape index (κ3) is 2.32. The SMILES string of the molecule is C[C@@H]1Cc2ccccc2N1C(=O)c1ccn(-c2ccccc2)n1. The first-order valence-electron chi connectivity index (χ1n) is 7.76. The second-order valence-electron chi connectivity index (χ2n) is 5.84. The van der Waals surface area contributed by atoms with Crippen LogP contribution in [0.1, 0.15) is 23.0 Å². The highest BCUT2D eigenvalue weighted by molar-refractivity contribution is 6.06. The molecule has 1 amide bonds. The van der Waals surface area contributed by atoms with E-state index in [1.54, 1.807) is 10.7 Å². The molecule has 0 fully saturated rings. The smallest absolute Gasteiger partial charge is 0.279 e. The van der Waals surface area contributed by atoms with Gasteiger partial charge in [0.05, 0.1) is 5.69 Å². The highest BCUT2D eigenvalue weighted by Crippen LogP contribution is 2.32. The fourth-order valence-corrected chi connectivity index (χ4v) is 3.16. The van der Waals surface area contributed by atoms with Crippen molar-refractivity contribution in [1.82, 2.24) is 9.78 Å². The summed E-state index contributed by atoms with van der Waals surface area (Å²) in [5, 5.41) is 4.46. The Balaban J connectivity index is 1.67. The van der Waals surface area contributed by atoms with Gasteiger partial charge in [-0.3, -0.25) is 4.79 Å². The van der Waals surface area contributed by atoms with Gasteiger partial charge in [-0.25, -0.2) is 4.68 Å². The summed E-state index contributed by atoms with van der Waals surface area (Å²) in [6.45, 7) is 2.08. The molecule has 2 heterocycles. The molecule has 4 heteroatoms. The maximum absolute atomic E-state index is 12.9. The van der Waals surface area contributed by atoms with E-state index in [9.17, 15) is 4.79 Å². The number of rotatable bonds is 2. The van der Waals surface area contributed by atoms with Crippen LogP contribution in [0.4, 0.5) is 5.69 Å². The molecule has 0 N–H and O–H groups in total. The van der Waals surface area contributed by atoms with Crippen molar-refractivity contribution in [2.24, 2.45) is 0 Å². The van der Waals surface area contributed by atoms with Crippen LogP contribution in [-0.2, 0) is 6.42 Å². The Morgan fingerprint density at radius 2 is 1.78 bits per heavy atom. The summed E-state index contributed by atoms with van der Waals surface area (Å²) < 4.78 is 1.74. The molecule has 0 saturated heterocycles. The van der Waals surface area contributed by atoms with E-state index in [1.807, 2.05) is 59.6 Å². The summed E-state index contributed by atoms with van der Waals surface area (Å²) in [7, 11) is 0. The van der Waals surface area contributed by atoms with Crippen LogP contribution >= 0.6 is 0 Å². The molecule has 2 aromatic carbocycles. The summed E-state index contributed by atoms with van der Waals surface area (Å²) in [6, 6.07) is 19.8. The zero-order valence-electron chi connectivity index (χ0n) is 12.9. The summed E-state index contributed by atoms with van der Waals surface area (Å²) in [6.07, 6.45) is 2.72. The van der Waals surface area contributed by atoms with Crippen LogP contribution < -0.4 is 4.90 Å². The molecule has 1 aromatic heterocycles. The number of aromatic nitrogens is 2. The maximum Gasteiger partial charge on any atom is 0.279 e. The average Bonchev–Trinajstić information content (AvgIpc) is 3.19. The third-order valence-electron chi connectivity index (χ3n) is 4.25. The van der Waals surface area contributed by atoms with Crippen molar-refractivity contribution in [2.45, 2.75) is 19.4 Å². The van der Waals surface area contributed by atoms with Gasteiger partial charge in [0.15, 0.2) is 5.69 Å². The molecular formula is C19H17N3O. The van der Waals surface area contributed by atoms with Gasteiger partial charge in [0.1, 0.15) is 0 Å². The van der Waals surface area contributed by atoms with E-state index >= 15 is 0 Å². The van der Waals surface area contributed by atoms with Crippen molar-refractivity contribution >= 4 is 11.6 Å². The normalized spacial score (nSPS) is 16.4. The second-order valence-corrected chi connectivity index (χ2v) is 5.84. The van der Waals surface area contributed by atoms with Crippen LogP contribution in [0.2, 0.25) is 0 Å². The molecule has 4 rings (SSSR count). The quantitative estimate of drug-likeness (QED) is 0.727. The lowest BCUT2D eigenvalue weighted by Crippen LogP contribution is -2.36. The number of fused-ring (bicyclic) bond motifs is 1. The van der Waals surface area contributed by atoms with Crippen LogP contribution in [0.5, 0.6) is 0 Å². The average molecular weight is 303 g/mol. The predicted octanol–water partition coefficient (Wildman–Crippen LogP) is 3.46. The van der Waals surface area contributed by atoms with Gasteiger partial charge >= 0.3 is 0 Å². The fraction of sp³-hybridized carbons (Fsp3) is 0.158. The topological polar surface area (TPSA) is 38.1 Å². The molecule has 114 valence electrons. The van der Waals surface area contributed by atoms with Crippen molar-refractivity contribution in [3.63, 3.8) is 0 Å². The lowest BCUT2D eigenvalue weighted by Gasteiger charge is -2.21. The summed E-state index contributed by atoms with van der Waals surface area (Å²) in [4.78, 5) is 14.8. The Morgan fingerprint density at radius 1 is 1.04 bits per heavy atom.